The fourth-order valence-corrected chi connectivity index (χ4v) is 7.29. The molecule has 29 heavy (non-hydrogen) atoms. The van der Waals surface area contributed by atoms with Crippen LogP contribution in [0.1, 0.15) is 56.1 Å². The molecule has 1 atom stereocenters. The van der Waals surface area contributed by atoms with E-state index in [4.69, 9.17) is 4.99 Å². The zero-order chi connectivity index (χ0) is 20.2. The normalized spacial score (nSPS) is 36.5. The van der Waals surface area contributed by atoms with Gasteiger partial charge in [0.1, 0.15) is 5.25 Å². The lowest BCUT2D eigenvalue weighted by Crippen LogP contribution is -2.50. The number of nitrogens with one attached hydrogen (secondary N) is 2. The maximum Gasteiger partial charge on any atom is 0.240 e. The first kappa shape index (κ1) is 19.2. The number of thioether (sulfide) groups is 1. The summed E-state index contributed by atoms with van der Waals surface area (Å²) in [4.78, 5) is 30.0. The highest BCUT2D eigenvalue weighted by atomic mass is 32.2. The maximum atomic E-state index is 12.5. The van der Waals surface area contributed by atoms with Crippen molar-refractivity contribution >= 4 is 34.4 Å². The molecule has 154 valence electrons. The smallest absolute Gasteiger partial charge is 0.240 e. The van der Waals surface area contributed by atoms with Crippen molar-refractivity contribution in [2.45, 2.75) is 69.6 Å². The van der Waals surface area contributed by atoms with Crippen LogP contribution in [0, 0.1) is 31.6 Å². The Labute approximate surface area is 176 Å². The van der Waals surface area contributed by atoms with E-state index in [1.165, 1.54) is 55.9 Å². The first-order chi connectivity index (χ1) is 13.9. The van der Waals surface area contributed by atoms with E-state index in [1.54, 1.807) is 0 Å². The number of rotatable bonds is 4. The molecule has 4 saturated carbocycles. The van der Waals surface area contributed by atoms with Gasteiger partial charge in [0.15, 0.2) is 5.17 Å². The number of carbonyl (C=O) groups excluding carboxylic acids is 2. The highest BCUT2D eigenvalue weighted by Gasteiger charge is 2.51. The van der Waals surface area contributed by atoms with Gasteiger partial charge < -0.3 is 10.6 Å². The predicted octanol–water partition coefficient (Wildman–Crippen LogP) is 4.19. The minimum absolute atomic E-state index is 0.0426. The van der Waals surface area contributed by atoms with Gasteiger partial charge >= 0.3 is 0 Å². The molecule has 6 rings (SSSR count). The molecular formula is C23H29N3O2S. The molecule has 0 aromatic heterocycles. The summed E-state index contributed by atoms with van der Waals surface area (Å²) in [5, 5.41) is 6.23. The zero-order valence-corrected chi connectivity index (χ0v) is 18.0. The second kappa shape index (κ2) is 7.15. The van der Waals surface area contributed by atoms with Crippen LogP contribution in [0.15, 0.2) is 23.2 Å². The molecule has 0 radical (unpaired) electrons. The van der Waals surface area contributed by atoms with Crippen LogP contribution in [0.3, 0.4) is 0 Å². The quantitative estimate of drug-likeness (QED) is 0.780. The fraction of sp³-hybridized carbons (Fsp3) is 0.609. The number of amides is 2. The Balaban J connectivity index is 1.23. The van der Waals surface area contributed by atoms with Gasteiger partial charge in [0, 0.05) is 12.1 Å². The molecule has 0 spiro atoms. The third-order valence-electron chi connectivity index (χ3n) is 7.28. The summed E-state index contributed by atoms with van der Waals surface area (Å²) in [6.45, 7) is 4.07. The van der Waals surface area contributed by atoms with Gasteiger partial charge in [-0.2, -0.15) is 0 Å². The molecule has 2 amide bonds. The lowest BCUT2D eigenvalue weighted by atomic mass is 9.53. The van der Waals surface area contributed by atoms with Gasteiger partial charge in [0.25, 0.3) is 0 Å². The molecule has 1 aliphatic heterocycles. The summed E-state index contributed by atoms with van der Waals surface area (Å²) < 4.78 is 0. The van der Waals surface area contributed by atoms with E-state index in [2.05, 4.69) is 10.6 Å². The topological polar surface area (TPSA) is 70.6 Å². The number of amidine groups is 1. The van der Waals surface area contributed by atoms with Crippen LogP contribution in [0.25, 0.3) is 0 Å². The largest absolute Gasteiger partial charge is 0.326 e. The number of hydrogen-bond donors (Lipinski definition) is 2. The van der Waals surface area contributed by atoms with Crippen molar-refractivity contribution in [3.8, 4) is 0 Å². The van der Waals surface area contributed by atoms with E-state index in [0.29, 0.717) is 0 Å². The number of benzene rings is 1. The number of nitrogens with zero attached hydrogens (tertiary/aromatic N) is 1. The summed E-state index contributed by atoms with van der Waals surface area (Å²) in [7, 11) is 0. The number of hydrogen-bond acceptors (Lipinski definition) is 4. The molecule has 5 fully saturated rings. The van der Waals surface area contributed by atoms with Gasteiger partial charge in [-0.1, -0.05) is 17.8 Å². The zero-order valence-electron chi connectivity index (χ0n) is 17.2. The summed E-state index contributed by atoms with van der Waals surface area (Å²) >= 11 is 1.44. The molecule has 1 unspecified atom stereocenters. The van der Waals surface area contributed by atoms with E-state index in [-0.39, 0.29) is 23.8 Å². The first-order valence-electron chi connectivity index (χ1n) is 10.8. The van der Waals surface area contributed by atoms with Gasteiger partial charge in [0.05, 0.1) is 5.54 Å². The molecule has 1 aromatic carbocycles. The Morgan fingerprint density at radius 3 is 2.41 bits per heavy atom. The lowest BCUT2D eigenvalue weighted by Gasteiger charge is -2.55. The van der Waals surface area contributed by atoms with Gasteiger partial charge in [-0.3, -0.25) is 14.6 Å². The standard InChI is InChI=1S/C23H29N3O2S/c1-13-3-4-18(5-14(13)2)24-20(27)9-19-21(28)25-22(29-19)26-23-10-15-6-16(11-23)8-17(7-15)12-23/h3-5,15-17,19H,6-12H2,1-2H3,(H,24,27)(H,25,26,28). The highest BCUT2D eigenvalue weighted by Crippen LogP contribution is 2.57. The predicted molar refractivity (Wildman–Crippen MR) is 117 cm³/mol. The van der Waals surface area contributed by atoms with E-state index in [9.17, 15) is 9.59 Å². The molecule has 4 bridgehead atoms. The number of anilines is 1. The monoisotopic (exact) mass is 411 g/mol. The first-order valence-corrected chi connectivity index (χ1v) is 11.7. The van der Waals surface area contributed by atoms with Crippen LogP contribution in [0.4, 0.5) is 5.69 Å². The van der Waals surface area contributed by atoms with Crippen LogP contribution in [-0.2, 0) is 9.59 Å². The van der Waals surface area contributed by atoms with Crippen molar-refractivity contribution in [2.24, 2.45) is 22.7 Å². The summed E-state index contributed by atoms with van der Waals surface area (Å²) in [5.74, 6) is 2.26. The van der Waals surface area contributed by atoms with Gasteiger partial charge in [-0.05, 0) is 93.4 Å². The van der Waals surface area contributed by atoms with Crippen LogP contribution < -0.4 is 10.6 Å². The molecule has 1 heterocycles. The molecule has 1 aromatic rings. The van der Waals surface area contributed by atoms with Crippen molar-refractivity contribution in [1.29, 1.82) is 0 Å². The number of carbonyl (C=O) groups is 2. The summed E-state index contributed by atoms with van der Waals surface area (Å²) in [6, 6.07) is 5.87. The Morgan fingerprint density at radius 1 is 1.14 bits per heavy atom. The Kier molecular flexibility index (Phi) is 4.72. The minimum atomic E-state index is -0.394. The molecular weight excluding hydrogens is 382 g/mol. The molecule has 5 aliphatic rings. The maximum absolute atomic E-state index is 12.5. The third kappa shape index (κ3) is 3.83. The lowest BCUT2D eigenvalue weighted by molar-refractivity contribution is -0.122. The van der Waals surface area contributed by atoms with E-state index >= 15 is 0 Å². The SMILES string of the molecule is Cc1ccc(NC(=O)CC2SC(=NC34CC5CC(CC(C5)C3)C4)NC2=O)cc1C. The van der Waals surface area contributed by atoms with E-state index in [1.807, 2.05) is 32.0 Å². The average Bonchev–Trinajstić information content (AvgIpc) is 2.95. The van der Waals surface area contributed by atoms with Crippen LogP contribution >= 0.6 is 11.8 Å². The van der Waals surface area contributed by atoms with Gasteiger partial charge in [-0.25, -0.2) is 0 Å². The summed E-state index contributed by atoms with van der Waals surface area (Å²) in [6.07, 6.45) is 7.84. The van der Waals surface area contributed by atoms with Crippen molar-refractivity contribution in [3.63, 3.8) is 0 Å². The molecule has 2 N–H and O–H groups in total. The number of aryl methyl sites for hydroxylation is 2. The highest BCUT2D eigenvalue weighted by molar-refractivity contribution is 8.15. The van der Waals surface area contributed by atoms with Crippen molar-refractivity contribution < 1.29 is 9.59 Å². The molecule has 4 aliphatic carbocycles. The fourth-order valence-electron chi connectivity index (χ4n) is 6.21. The van der Waals surface area contributed by atoms with E-state index < -0.39 is 5.25 Å². The Morgan fingerprint density at radius 2 is 1.79 bits per heavy atom. The Hall–Kier alpha value is -1.82. The second-order valence-corrected chi connectivity index (χ2v) is 10.9. The van der Waals surface area contributed by atoms with Crippen molar-refractivity contribution in [3.05, 3.63) is 29.3 Å². The van der Waals surface area contributed by atoms with Crippen molar-refractivity contribution in [1.82, 2.24) is 5.32 Å². The molecule has 6 heteroatoms. The van der Waals surface area contributed by atoms with Crippen molar-refractivity contribution in [2.75, 3.05) is 5.32 Å². The van der Waals surface area contributed by atoms with Crippen LogP contribution in [-0.4, -0.2) is 27.8 Å². The van der Waals surface area contributed by atoms with E-state index in [0.717, 1.165) is 34.2 Å². The average molecular weight is 412 g/mol. The number of aliphatic imine (C=N–C) groups is 1. The van der Waals surface area contributed by atoms with Gasteiger partial charge in [0.2, 0.25) is 11.8 Å². The minimum Gasteiger partial charge on any atom is -0.326 e. The molecule has 1 saturated heterocycles. The Bertz CT molecular complexity index is 859. The third-order valence-corrected chi connectivity index (χ3v) is 8.36. The van der Waals surface area contributed by atoms with Crippen LogP contribution in [0.2, 0.25) is 0 Å². The summed E-state index contributed by atoms with van der Waals surface area (Å²) in [5.41, 5.74) is 3.16. The second-order valence-electron chi connectivity index (χ2n) is 9.71. The van der Waals surface area contributed by atoms with Crippen LogP contribution in [0.5, 0.6) is 0 Å². The molecule has 5 nitrogen and oxygen atoms in total. The van der Waals surface area contributed by atoms with Gasteiger partial charge in [-0.15, -0.1) is 0 Å².